The SMILES string of the molecule is COC(=O)[C@H]1CCCN1C(=O)C(c1ccccc1)n1cnc(NC(=O)C(Cc2ccc3ccccc3c2)NC(=O)C(C)(C)N)c1.Cl.Cl. The minimum absolute atomic E-state index is 0. The number of nitrogens with two attached hydrogens (primary N) is 1. The van der Waals surface area contributed by atoms with Gasteiger partial charge in [0.2, 0.25) is 11.8 Å². The molecule has 2 heterocycles. The fourth-order valence-electron chi connectivity index (χ4n) is 5.56. The number of likely N-dealkylation sites (tertiary alicyclic amines) is 1. The van der Waals surface area contributed by atoms with Crippen LogP contribution in [0.25, 0.3) is 10.8 Å². The van der Waals surface area contributed by atoms with Gasteiger partial charge in [0.1, 0.15) is 18.1 Å². The number of imidazole rings is 1. The summed E-state index contributed by atoms with van der Waals surface area (Å²) >= 11 is 0. The zero-order chi connectivity index (χ0) is 32.1. The Morgan fingerprint density at radius 3 is 2.36 bits per heavy atom. The molecule has 1 aliphatic rings. The zero-order valence-electron chi connectivity index (χ0n) is 26.4. The number of anilines is 1. The van der Waals surface area contributed by atoms with Gasteiger partial charge < -0.3 is 30.6 Å². The van der Waals surface area contributed by atoms with E-state index in [9.17, 15) is 19.2 Å². The highest BCUT2D eigenvalue weighted by Crippen LogP contribution is 2.28. The molecule has 13 heteroatoms. The Labute approximate surface area is 286 Å². The Morgan fingerprint density at radius 2 is 1.68 bits per heavy atom. The van der Waals surface area contributed by atoms with E-state index < -0.39 is 41.4 Å². The summed E-state index contributed by atoms with van der Waals surface area (Å²) in [6.45, 7) is 3.57. The normalized spacial score (nSPS) is 15.5. The van der Waals surface area contributed by atoms with Gasteiger partial charge in [-0.25, -0.2) is 9.78 Å². The van der Waals surface area contributed by atoms with Crippen LogP contribution in [-0.4, -0.2) is 69.4 Å². The van der Waals surface area contributed by atoms with E-state index in [1.54, 1.807) is 29.5 Å². The van der Waals surface area contributed by atoms with Crippen molar-refractivity contribution in [3.8, 4) is 0 Å². The Morgan fingerprint density at radius 1 is 1.00 bits per heavy atom. The number of aromatic nitrogens is 2. The van der Waals surface area contributed by atoms with Crippen LogP contribution < -0.4 is 16.4 Å². The first kappa shape index (κ1) is 37.0. The number of hydrogen-bond acceptors (Lipinski definition) is 7. The average molecular weight is 684 g/mol. The van der Waals surface area contributed by atoms with Crippen LogP contribution in [-0.2, 0) is 30.3 Å². The van der Waals surface area contributed by atoms with Gasteiger partial charge in [0.15, 0.2) is 5.82 Å². The number of amides is 3. The molecule has 0 radical (unpaired) electrons. The lowest BCUT2D eigenvalue weighted by Gasteiger charge is -2.28. The topological polar surface area (TPSA) is 149 Å². The molecule has 1 fully saturated rings. The van der Waals surface area contributed by atoms with Gasteiger partial charge >= 0.3 is 5.97 Å². The van der Waals surface area contributed by atoms with Gasteiger partial charge in [0.05, 0.1) is 19.0 Å². The number of benzene rings is 3. The first-order valence-corrected chi connectivity index (χ1v) is 14.9. The molecule has 0 bridgehead atoms. The number of halogens is 2. The predicted octanol–water partition coefficient (Wildman–Crippen LogP) is 4.04. The van der Waals surface area contributed by atoms with Crippen molar-refractivity contribution in [2.75, 3.05) is 19.0 Å². The van der Waals surface area contributed by atoms with Crippen LogP contribution in [0.15, 0.2) is 85.3 Å². The first-order chi connectivity index (χ1) is 21.5. The summed E-state index contributed by atoms with van der Waals surface area (Å²) in [4.78, 5) is 58.8. The number of nitrogens with zero attached hydrogens (tertiary/aromatic N) is 3. The third-order valence-corrected chi connectivity index (χ3v) is 7.97. The van der Waals surface area contributed by atoms with Crippen molar-refractivity contribution < 1.29 is 23.9 Å². The third kappa shape index (κ3) is 8.68. The van der Waals surface area contributed by atoms with Crippen molar-refractivity contribution in [3.63, 3.8) is 0 Å². The molecule has 3 amide bonds. The van der Waals surface area contributed by atoms with Crippen LogP contribution in [0, 0.1) is 0 Å². The van der Waals surface area contributed by atoms with Gasteiger partial charge in [-0.2, -0.15) is 0 Å². The lowest BCUT2D eigenvalue weighted by Crippen LogP contribution is -2.55. The lowest BCUT2D eigenvalue weighted by molar-refractivity contribution is -0.151. The number of carbonyl (C=O) groups excluding carboxylic acids is 4. The highest BCUT2D eigenvalue weighted by molar-refractivity contribution is 5.98. The number of carbonyl (C=O) groups is 4. The number of hydrogen-bond donors (Lipinski definition) is 3. The summed E-state index contributed by atoms with van der Waals surface area (Å²) in [5.74, 6) is -1.50. The van der Waals surface area contributed by atoms with Crippen molar-refractivity contribution in [1.29, 1.82) is 0 Å². The number of nitrogens with one attached hydrogen (secondary N) is 2. The third-order valence-electron chi connectivity index (χ3n) is 7.97. The van der Waals surface area contributed by atoms with Gasteiger partial charge in [0, 0.05) is 19.2 Å². The average Bonchev–Trinajstić information content (AvgIpc) is 3.71. The van der Waals surface area contributed by atoms with E-state index in [4.69, 9.17) is 10.5 Å². The van der Waals surface area contributed by atoms with Crippen LogP contribution >= 0.6 is 24.8 Å². The Bertz CT molecular complexity index is 1710. The van der Waals surface area contributed by atoms with E-state index >= 15 is 0 Å². The van der Waals surface area contributed by atoms with Crippen LogP contribution in [0.4, 0.5) is 5.82 Å². The fourth-order valence-corrected chi connectivity index (χ4v) is 5.56. The second-order valence-corrected chi connectivity index (χ2v) is 11.9. The van der Waals surface area contributed by atoms with Gasteiger partial charge in [-0.1, -0.05) is 72.8 Å². The van der Waals surface area contributed by atoms with Crippen molar-refractivity contribution in [1.82, 2.24) is 19.8 Å². The van der Waals surface area contributed by atoms with E-state index in [0.29, 0.717) is 24.9 Å². The zero-order valence-corrected chi connectivity index (χ0v) is 28.1. The van der Waals surface area contributed by atoms with Crippen LogP contribution in [0.2, 0.25) is 0 Å². The predicted molar refractivity (Wildman–Crippen MR) is 185 cm³/mol. The van der Waals surface area contributed by atoms with Crippen molar-refractivity contribution >= 4 is 65.1 Å². The maximum absolute atomic E-state index is 14.0. The molecule has 0 saturated carbocycles. The number of methoxy groups -OCH3 is 1. The number of esters is 1. The van der Waals surface area contributed by atoms with Gasteiger partial charge in [-0.3, -0.25) is 14.4 Å². The van der Waals surface area contributed by atoms with Crippen LogP contribution in [0.1, 0.15) is 43.9 Å². The molecule has 1 saturated heterocycles. The quantitative estimate of drug-likeness (QED) is 0.214. The molecular weight excluding hydrogens is 643 g/mol. The summed E-state index contributed by atoms with van der Waals surface area (Å²) in [5.41, 5.74) is 6.38. The van der Waals surface area contributed by atoms with E-state index in [0.717, 1.165) is 16.3 Å². The number of ether oxygens (including phenoxy) is 1. The Hall–Kier alpha value is -4.45. The standard InChI is InChI=1S/C34H38N6O5.2ClH/c1-34(2,35)33(44)37-26(19-22-15-16-23-10-7-8-13-25(23)18-22)30(41)38-28-20-39(21-36-28)29(24-11-5-4-6-12-24)31(42)40-17-9-14-27(40)32(43)45-3;;/h4-8,10-13,15-16,18,20-21,26-27,29H,9,14,17,19,35H2,1-3H3,(H,37,44)(H,38,41);2*1H/t26?,27-,29?;;/m1../s1. The summed E-state index contributed by atoms with van der Waals surface area (Å²) in [6.07, 6.45) is 4.46. The maximum Gasteiger partial charge on any atom is 0.328 e. The number of fused-ring (bicyclic) bond motifs is 1. The fraction of sp³-hybridized carbons (Fsp3) is 0.324. The highest BCUT2D eigenvalue weighted by atomic mass is 35.5. The van der Waals surface area contributed by atoms with Crippen molar-refractivity contribution in [3.05, 3.63) is 96.4 Å². The minimum Gasteiger partial charge on any atom is -0.467 e. The van der Waals surface area contributed by atoms with E-state index in [1.807, 2.05) is 72.8 Å². The number of rotatable bonds is 10. The highest BCUT2D eigenvalue weighted by Gasteiger charge is 2.39. The molecule has 1 aliphatic heterocycles. The van der Waals surface area contributed by atoms with Gasteiger partial charge in [-0.15, -0.1) is 24.8 Å². The molecule has 0 aliphatic carbocycles. The molecule has 5 rings (SSSR count). The second-order valence-electron chi connectivity index (χ2n) is 11.9. The Kier molecular flexibility index (Phi) is 12.5. The Balaban J connectivity index is 0.00000300. The second kappa shape index (κ2) is 15.9. The molecule has 4 N–H and O–H groups in total. The van der Waals surface area contributed by atoms with Crippen molar-refractivity contribution in [2.45, 2.75) is 56.8 Å². The van der Waals surface area contributed by atoms with Crippen molar-refractivity contribution in [2.24, 2.45) is 5.73 Å². The molecule has 47 heavy (non-hydrogen) atoms. The van der Waals surface area contributed by atoms with E-state index in [2.05, 4.69) is 15.6 Å². The molecule has 250 valence electrons. The van der Waals surface area contributed by atoms with Gasteiger partial charge in [0.25, 0.3) is 5.91 Å². The summed E-state index contributed by atoms with van der Waals surface area (Å²) < 4.78 is 6.56. The molecule has 1 aromatic heterocycles. The summed E-state index contributed by atoms with van der Waals surface area (Å²) in [6, 6.07) is 20.5. The first-order valence-electron chi connectivity index (χ1n) is 14.9. The monoisotopic (exact) mass is 682 g/mol. The minimum atomic E-state index is -1.20. The van der Waals surface area contributed by atoms with Crippen LogP contribution in [0.5, 0.6) is 0 Å². The molecule has 0 spiro atoms. The van der Waals surface area contributed by atoms with E-state index in [-0.39, 0.29) is 43.0 Å². The van der Waals surface area contributed by atoms with E-state index in [1.165, 1.54) is 13.4 Å². The van der Waals surface area contributed by atoms with Crippen LogP contribution in [0.3, 0.4) is 0 Å². The molecule has 3 aromatic carbocycles. The molecule has 4 aromatic rings. The molecule has 3 atom stereocenters. The molecule has 11 nitrogen and oxygen atoms in total. The largest absolute Gasteiger partial charge is 0.467 e. The summed E-state index contributed by atoms with van der Waals surface area (Å²) in [5, 5.41) is 7.67. The maximum atomic E-state index is 14.0. The van der Waals surface area contributed by atoms with Gasteiger partial charge in [-0.05, 0) is 48.6 Å². The molecular formula is C34H40Cl2N6O5. The molecule has 2 unspecified atom stereocenters. The lowest BCUT2D eigenvalue weighted by atomic mass is 9.99. The summed E-state index contributed by atoms with van der Waals surface area (Å²) in [7, 11) is 1.31. The smallest absolute Gasteiger partial charge is 0.328 e.